The topological polar surface area (TPSA) is 61.8 Å². The van der Waals surface area contributed by atoms with Crippen molar-refractivity contribution in [3.05, 3.63) is 12.7 Å². The average Bonchev–Trinajstić information content (AvgIpc) is 2.22. The summed E-state index contributed by atoms with van der Waals surface area (Å²) in [6, 6.07) is 0. The molecule has 15 heavy (non-hydrogen) atoms. The number of hydrogen-bond donors (Lipinski definition) is 0. The molecule has 0 bridgehead atoms. The van der Waals surface area contributed by atoms with E-state index in [1.807, 2.05) is 6.92 Å². The Morgan fingerprint density at radius 2 is 2.13 bits per heavy atom. The average molecular weight is 214 g/mol. The quantitative estimate of drug-likeness (QED) is 0.523. The van der Waals surface area contributed by atoms with E-state index in [0.29, 0.717) is 0 Å². The van der Waals surface area contributed by atoms with Crippen LogP contribution in [-0.4, -0.2) is 31.4 Å². The predicted molar refractivity (Wildman–Crippen MR) is 51.2 cm³/mol. The van der Waals surface area contributed by atoms with Crippen molar-refractivity contribution in [3.63, 3.8) is 0 Å². The van der Waals surface area contributed by atoms with Crippen molar-refractivity contribution in [2.45, 2.75) is 20.0 Å². The first-order valence-corrected chi connectivity index (χ1v) is 4.60. The van der Waals surface area contributed by atoms with Gasteiger partial charge in [0.1, 0.15) is 19.3 Å². The zero-order valence-corrected chi connectivity index (χ0v) is 8.82. The third-order valence-corrected chi connectivity index (χ3v) is 2.48. The second-order valence-corrected chi connectivity index (χ2v) is 3.76. The molecule has 0 radical (unpaired) electrons. The molecule has 5 nitrogen and oxygen atoms in total. The Bertz CT molecular complexity index is 274. The first kappa shape index (κ1) is 11.6. The zero-order valence-electron chi connectivity index (χ0n) is 8.82. The van der Waals surface area contributed by atoms with Crippen molar-refractivity contribution >= 4 is 12.1 Å². The van der Waals surface area contributed by atoms with E-state index in [2.05, 4.69) is 6.58 Å². The van der Waals surface area contributed by atoms with Crippen LogP contribution in [0.15, 0.2) is 12.7 Å². The normalized spacial score (nSPS) is 20.8. The van der Waals surface area contributed by atoms with Gasteiger partial charge in [-0.2, -0.15) is 0 Å². The second kappa shape index (κ2) is 4.33. The van der Waals surface area contributed by atoms with Crippen molar-refractivity contribution in [1.29, 1.82) is 0 Å². The van der Waals surface area contributed by atoms with Gasteiger partial charge >= 0.3 is 12.1 Å². The molecule has 5 heteroatoms. The van der Waals surface area contributed by atoms with Crippen LogP contribution >= 0.6 is 0 Å². The smallest absolute Gasteiger partial charge is 0.459 e. The minimum atomic E-state index is -0.685. The van der Waals surface area contributed by atoms with Crippen LogP contribution < -0.4 is 0 Å². The first-order chi connectivity index (χ1) is 6.98. The van der Waals surface area contributed by atoms with Gasteiger partial charge in [-0.15, -0.1) is 0 Å². The minimum absolute atomic E-state index is 0.178. The summed E-state index contributed by atoms with van der Waals surface area (Å²) in [5.41, 5.74) is -0.507. The van der Waals surface area contributed by atoms with E-state index in [1.165, 1.54) is 0 Å². The van der Waals surface area contributed by atoms with Crippen molar-refractivity contribution in [2.24, 2.45) is 5.41 Å². The summed E-state index contributed by atoms with van der Waals surface area (Å²) in [4.78, 5) is 21.7. The molecule has 0 aliphatic carbocycles. The van der Waals surface area contributed by atoms with Gasteiger partial charge in [-0.1, -0.05) is 6.58 Å². The number of ether oxygens (including phenoxy) is 3. The molecule has 0 aromatic heterocycles. The standard InChI is InChI=1S/C10H14O5/c1-4-8(11)15-7(2)10(3)5-13-9(12)14-6-10/h4,7H,1,5-6H2,2-3H3. The number of cyclic esters (lactones) is 2. The van der Waals surface area contributed by atoms with Crippen LogP contribution in [0.2, 0.25) is 0 Å². The van der Waals surface area contributed by atoms with E-state index in [0.717, 1.165) is 6.08 Å². The van der Waals surface area contributed by atoms with E-state index in [4.69, 9.17) is 14.2 Å². The number of rotatable bonds is 3. The van der Waals surface area contributed by atoms with Crippen LogP contribution in [0.25, 0.3) is 0 Å². The van der Waals surface area contributed by atoms with Crippen LogP contribution in [0.1, 0.15) is 13.8 Å². The Hall–Kier alpha value is -1.52. The highest BCUT2D eigenvalue weighted by atomic mass is 16.7. The summed E-state index contributed by atoms with van der Waals surface area (Å²) in [6.07, 6.45) is 0.000980. The maximum atomic E-state index is 11.0. The van der Waals surface area contributed by atoms with Crippen LogP contribution in [0, 0.1) is 5.41 Å². The lowest BCUT2D eigenvalue weighted by atomic mass is 9.86. The fraction of sp³-hybridized carbons (Fsp3) is 0.600. The highest BCUT2D eigenvalue weighted by molar-refractivity contribution is 5.81. The SMILES string of the molecule is C=CC(=O)OC(C)C1(C)COC(=O)OC1. The molecule has 84 valence electrons. The van der Waals surface area contributed by atoms with Gasteiger partial charge in [-0.3, -0.25) is 0 Å². The Balaban J connectivity index is 2.57. The van der Waals surface area contributed by atoms with Crippen molar-refractivity contribution < 1.29 is 23.8 Å². The Kier molecular flexibility index (Phi) is 3.34. The number of carbonyl (C=O) groups excluding carboxylic acids is 2. The fourth-order valence-electron chi connectivity index (χ4n) is 1.13. The number of esters is 1. The number of carbonyl (C=O) groups is 2. The fourth-order valence-corrected chi connectivity index (χ4v) is 1.13. The summed E-state index contributed by atoms with van der Waals surface area (Å²) in [5.74, 6) is -0.499. The molecule has 1 aliphatic heterocycles. The molecule has 1 saturated heterocycles. The summed E-state index contributed by atoms with van der Waals surface area (Å²) in [6.45, 7) is 7.20. The zero-order chi connectivity index (χ0) is 11.5. The highest BCUT2D eigenvalue weighted by Gasteiger charge is 2.40. The maximum Gasteiger partial charge on any atom is 0.508 e. The molecule has 0 aromatic carbocycles. The van der Waals surface area contributed by atoms with Crippen LogP contribution in [0.3, 0.4) is 0 Å². The van der Waals surface area contributed by atoms with Gasteiger partial charge in [0.15, 0.2) is 0 Å². The lowest BCUT2D eigenvalue weighted by Gasteiger charge is -2.36. The minimum Gasteiger partial charge on any atom is -0.459 e. The molecule has 0 aromatic rings. The van der Waals surface area contributed by atoms with Gasteiger partial charge in [0, 0.05) is 6.08 Å². The van der Waals surface area contributed by atoms with Crippen molar-refractivity contribution in [3.8, 4) is 0 Å². The summed E-state index contributed by atoms with van der Waals surface area (Å²) in [5, 5.41) is 0. The van der Waals surface area contributed by atoms with E-state index in [1.54, 1.807) is 6.92 Å². The molecule has 0 spiro atoms. The largest absolute Gasteiger partial charge is 0.508 e. The van der Waals surface area contributed by atoms with Gasteiger partial charge in [0.25, 0.3) is 0 Å². The van der Waals surface area contributed by atoms with Gasteiger partial charge in [0.05, 0.1) is 5.41 Å². The van der Waals surface area contributed by atoms with Gasteiger partial charge in [0.2, 0.25) is 0 Å². The van der Waals surface area contributed by atoms with Gasteiger partial charge in [-0.05, 0) is 13.8 Å². The van der Waals surface area contributed by atoms with E-state index < -0.39 is 23.6 Å². The molecular weight excluding hydrogens is 200 g/mol. The van der Waals surface area contributed by atoms with Crippen molar-refractivity contribution in [2.75, 3.05) is 13.2 Å². The van der Waals surface area contributed by atoms with Gasteiger partial charge < -0.3 is 14.2 Å². The lowest BCUT2D eigenvalue weighted by Crippen LogP contribution is -2.46. The molecule has 1 aliphatic rings. The Morgan fingerprint density at radius 3 is 2.60 bits per heavy atom. The van der Waals surface area contributed by atoms with Crippen LogP contribution in [0.4, 0.5) is 4.79 Å². The summed E-state index contributed by atoms with van der Waals surface area (Å²) >= 11 is 0. The van der Waals surface area contributed by atoms with E-state index in [9.17, 15) is 9.59 Å². The molecule has 1 fully saturated rings. The third kappa shape index (κ3) is 2.71. The third-order valence-electron chi connectivity index (χ3n) is 2.48. The highest BCUT2D eigenvalue weighted by Crippen LogP contribution is 2.28. The molecule has 1 heterocycles. The number of hydrogen-bond acceptors (Lipinski definition) is 5. The second-order valence-electron chi connectivity index (χ2n) is 3.76. The first-order valence-electron chi connectivity index (χ1n) is 4.60. The molecule has 1 atom stereocenters. The summed E-state index contributed by atoms with van der Waals surface area (Å²) in [7, 11) is 0. The predicted octanol–water partition coefficient (Wildman–Crippen LogP) is 1.28. The molecule has 0 saturated carbocycles. The molecule has 1 unspecified atom stereocenters. The summed E-state index contributed by atoms with van der Waals surface area (Å²) < 4.78 is 14.6. The molecule has 1 rings (SSSR count). The molecular formula is C10H14O5. The molecule has 0 N–H and O–H groups in total. The maximum absolute atomic E-state index is 11.0. The van der Waals surface area contributed by atoms with E-state index >= 15 is 0 Å². The van der Waals surface area contributed by atoms with Crippen LogP contribution in [0.5, 0.6) is 0 Å². The van der Waals surface area contributed by atoms with E-state index in [-0.39, 0.29) is 13.2 Å². The Morgan fingerprint density at radius 1 is 1.60 bits per heavy atom. The van der Waals surface area contributed by atoms with Crippen molar-refractivity contribution in [1.82, 2.24) is 0 Å². The van der Waals surface area contributed by atoms with Gasteiger partial charge in [-0.25, -0.2) is 9.59 Å². The Labute approximate surface area is 88.0 Å². The molecule has 0 amide bonds. The monoisotopic (exact) mass is 214 g/mol. The lowest BCUT2D eigenvalue weighted by molar-refractivity contribution is -0.158. The van der Waals surface area contributed by atoms with Crippen LogP contribution in [-0.2, 0) is 19.0 Å².